The van der Waals surface area contributed by atoms with Gasteiger partial charge in [0, 0.05) is 53.5 Å². The van der Waals surface area contributed by atoms with Gasteiger partial charge in [-0.2, -0.15) is 0 Å². The van der Waals surface area contributed by atoms with E-state index in [9.17, 15) is 13.2 Å². The van der Waals surface area contributed by atoms with Crippen LogP contribution in [0.15, 0.2) is 63.9 Å². The van der Waals surface area contributed by atoms with E-state index in [1.54, 1.807) is 47.3 Å². The molecule has 4 aromatic rings. The van der Waals surface area contributed by atoms with Crippen molar-refractivity contribution in [2.45, 2.75) is 11.3 Å². The maximum atomic E-state index is 12.3. The zero-order valence-corrected chi connectivity index (χ0v) is 17.6. The molecule has 0 saturated heterocycles. The predicted octanol–water partition coefficient (Wildman–Crippen LogP) is 3.62. The lowest BCUT2D eigenvalue weighted by Gasteiger charge is -2.12. The van der Waals surface area contributed by atoms with E-state index in [2.05, 4.69) is 11.1 Å². The van der Waals surface area contributed by atoms with Crippen LogP contribution in [0, 0.1) is 0 Å². The van der Waals surface area contributed by atoms with Gasteiger partial charge in [-0.3, -0.25) is 4.79 Å². The van der Waals surface area contributed by atoms with Crippen molar-refractivity contribution in [3.63, 3.8) is 0 Å². The highest BCUT2D eigenvalue weighted by atomic mass is 32.2. The number of nitrogens with one attached hydrogen (secondary N) is 1. The molecule has 0 amide bonds. The number of ether oxygens (including phenoxy) is 1. The lowest BCUT2D eigenvalue weighted by molar-refractivity contribution is 0.324. The van der Waals surface area contributed by atoms with Crippen LogP contribution in [0.1, 0.15) is 4.88 Å². The number of hydrogen-bond donors (Lipinski definition) is 1. The van der Waals surface area contributed by atoms with Crippen LogP contribution in [0.25, 0.3) is 22.0 Å². The van der Waals surface area contributed by atoms with Gasteiger partial charge >= 0.3 is 0 Å². The highest BCUT2D eigenvalue weighted by molar-refractivity contribution is 7.90. The number of fused-ring (bicyclic) bond motifs is 1. The van der Waals surface area contributed by atoms with Crippen LogP contribution in [-0.4, -0.2) is 30.8 Å². The molecule has 3 heterocycles. The molecule has 1 N–H and O–H groups in total. The molecule has 0 fully saturated rings. The summed E-state index contributed by atoms with van der Waals surface area (Å²) in [5, 5.41) is 2.76. The Morgan fingerprint density at radius 1 is 1.17 bits per heavy atom. The van der Waals surface area contributed by atoms with Crippen LogP contribution in [0.3, 0.4) is 0 Å². The Morgan fingerprint density at radius 2 is 2.00 bits per heavy atom. The fourth-order valence-electron chi connectivity index (χ4n) is 3.37. The summed E-state index contributed by atoms with van der Waals surface area (Å²) in [5.74, 6) is 0.585. The van der Waals surface area contributed by atoms with Gasteiger partial charge in [-0.05, 0) is 35.7 Å². The molecule has 0 atom stereocenters. The van der Waals surface area contributed by atoms with Crippen LogP contribution in [0.2, 0.25) is 0 Å². The van der Waals surface area contributed by atoms with Gasteiger partial charge in [-0.15, -0.1) is 11.3 Å². The first kappa shape index (κ1) is 19.5. The van der Waals surface area contributed by atoms with Crippen molar-refractivity contribution in [2.75, 3.05) is 12.9 Å². The Bertz CT molecular complexity index is 1330. The minimum atomic E-state index is -3.39. The van der Waals surface area contributed by atoms with Crippen molar-refractivity contribution >= 4 is 32.1 Å². The molecule has 0 aliphatic heterocycles. The van der Waals surface area contributed by atoms with Gasteiger partial charge < -0.3 is 14.3 Å². The Kier molecular flexibility index (Phi) is 5.06. The van der Waals surface area contributed by atoms with E-state index in [1.807, 2.05) is 23.7 Å². The molecule has 150 valence electrons. The van der Waals surface area contributed by atoms with Crippen molar-refractivity contribution in [2.24, 2.45) is 7.05 Å². The number of aromatic amines is 1. The number of thiophene rings is 1. The lowest BCUT2D eigenvalue weighted by atomic mass is 10.0. The van der Waals surface area contributed by atoms with Gasteiger partial charge in [0.25, 0.3) is 5.56 Å². The molecule has 0 bridgehead atoms. The summed E-state index contributed by atoms with van der Waals surface area (Å²) in [7, 11) is -1.60. The Hall–Kier alpha value is -2.84. The third-order valence-electron chi connectivity index (χ3n) is 4.76. The highest BCUT2D eigenvalue weighted by Crippen LogP contribution is 2.37. The largest absolute Gasteiger partial charge is 0.493 e. The molecular weight excluding hydrogens is 408 g/mol. The lowest BCUT2D eigenvalue weighted by Crippen LogP contribution is -2.07. The van der Waals surface area contributed by atoms with Crippen LogP contribution in [0.4, 0.5) is 0 Å². The molecule has 1 aromatic carbocycles. The van der Waals surface area contributed by atoms with E-state index in [1.165, 1.54) is 11.1 Å². The van der Waals surface area contributed by atoms with Gasteiger partial charge in [0.2, 0.25) is 0 Å². The predicted molar refractivity (Wildman–Crippen MR) is 116 cm³/mol. The van der Waals surface area contributed by atoms with Crippen molar-refractivity contribution in [1.82, 2.24) is 9.55 Å². The molecule has 0 unspecified atom stereocenters. The van der Waals surface area contributed by atoms with Crippen molar-refractivity contribution < 1.29 is 13.2 Å². The molecule has 4 rings (SSSR count). The molecule has 0 aliphatic rings. The minimum Gasteiger partial charge on any atom is -0.493 e. The van der Waals surface area contributed by atoms with Crippen LogP contribution >= 0.6 is 11.3 Å². The molecule has 0 radical (unpaired) electrons. The third-order valence-corrected chi connectivity index (χ3v) is 6.80. The molecular formula is C21H20N2O4S2. The molecule has 8 heteroatoms. The second-order valence-electron chi connectivity index (χ2n) is 6.83. The van der Waals surface area contributed by atoms with Gasteiger partial charge in [0.05, 0.1) is 11.5 Å². The number of aromatic nitrogens is 2. The number of H-pyrrole nitrogens is 1. The maximum Gasteiger partial charge on any atom is 0.272 e. The number of nitrogens with zero attached hydrogens (tertiary/aromatic N) is 1. The minimum absolute atomic E-state index is 0.198. The fraction of sp³-hybridized carbons (Fsp3) is 0.190. The normalized spacial score (nSPS) is 11.8. The molecule has 0 spiro atoms. The fourth-order valence-corrected chi connectivity index (χ4v) is 4.71. The zero-order valence-electron chi connectivity index (χ0n) is 16.0. The topological polar surface area (TPSA) is 81.2 Å². The zero-order chi connectivity index (χ0) is 20.6. The first-order valence-corrected chi connectivity index (χ1v) is 11.8. The molecule has 0 saturated carbocycles. The summed E-state index contributed by atoms with van der Waals surface area (Å²) in [6, 6.07) is 10.7. The van der Waals surface area contributed by atoms with Gasteiger partial charge in [0.15, 0.2) is 9.84 Å². The molecule has 6 nitrogen and oxygen atoms in total. The van der Waals surface area contributed by atoms with E-state index in [4.69, 9.17) is 4.74 Å². The summed E-state index contributed by atoms with van der Waals surface area (Å²) in [6.45, 7) is 0.469. The summed E-state index contributed by atoms with van der Waals surface area (Å²) in [5.41, 5.74) is 1.73. The summed E-state index contributed by atoms with van der Waals surface area (Å²) in [4.78, 5) is 16.4. The second-order valence-corrected chi connectivity index (χ2v) is 9.88. The van der Waals surface area contributed by atoms with Crippen LogP contribution in [-0.2, 0) is 23.3 Å². The van der Waals surface area contributed by atoms with E-state index >= 15 is 0 Å². The van der Waals surface area contributed by atoms with Crippen LogP contribution < -0.4 is 10.3 Å². The number of sulfone groups is 1. The Morgan fingerprint density at radius 3 is 2.72 bits per heavy atom. The first-order valence-electron chi connectivity index (χ1n) is 9.01. The third kappa shape index (κ3) is 3.86. The highest BCUT2D eigenvalue weighted by Gasteiger charge is 2.18. The number of rotatable bonds is 6. The molecule has 3 aromatic heterocycles. The number of aryl methyl sites for hydroxylation is 1. The van der Waals surface area contributed by atoms with Crippen molar-refractivity contribution in [3.05, 3.63) is 69.4 Å². The van der Waals surface area contributed by atoms with E-state index in [-0.39, 0.29) is 10.5 Å². The van der Waals surface area contributed by atoms with Gasteiger partial charge in [0.1, 0.15) is 11.3 Å². The van der Waals surface area contributed by atoms with E-state index < -0.39 is 9.84 Å². The summed E-state index contributed by atoms with van der Waals surface area (Å²) in [6.07, 6.45) is 5.36. The number of hydrogen-bond acceptors (Lipinski definition) is 5. The van der Waals surface area contributed by atoms with Crippen molar-refractivity contribution in [1.29, 1.82) is 0 Å². The van der Waals surface area contributed by atoms with Gasteiger partial charge in [-0.25, -0.2) is 8.42 Å². The standard InChI is InChI=1S/C21H20N2O4S2/c1-23-13-18(16-7-9-22-21(24)20(16)23)17-12-15(29(2,25)26)5-6-19(17)27-10-8-14-4-3-11-28-14/h3-7,9,11-13H,8,10H2,1-2H3,(H,22,24). The van der Waals surface area contributed by atoms with Crippen LogP contribution in [0.5, 0.6) is 5.75 Å². The first-order chi connectivity index (χ1) is 13.8. The average molecular weight is 429 g/mol. The van der Waals surface area contributed by atoms with Crippen molar-refractivity contribution in [3.8, 4) is 16.9 Å². The average Bonchev–Trinajstić information content (AvgIpc) is 3.30. The Balaban J connectivity index is 1.81. The van der Waals surface area contributed by atoms with Gasteiger partial charge in [-0.1, -0.05) is 6.07 Å². The quantitative estimate of drug-likeness (QED) is 0.509. The number of benzene rings is 1. The summed E-state index contributed by atoms with van der Waals surface area (Å²) >= 11 is 1.67. The molecule has 0 aliphatic carbocycles. The SMILES string of the molecule is Cn1cc(-c2cc(S(C)(=O)=O)ccc2OCCc2cccs2)c2cc[nH]c(=O)c21. The van der Waals surface area contributed by atoms with E-state index in [0.717, 1.165) is 17.4 Å². The monoisotopic (exact) mass is 428 g/mol. The van der Waals surface area contributed by atoms with E-state index in [0.29, 0.717) is 23.4 Å². The maximum absolute atomic E-state index is 12.3. The second kappa shape index (κ2) is 7.53. The Labute approximate surface area is 172 Å². The molecule has 29 heavy (non-hydrogen) atoms. The summed E-state index contributed by atoms with van der Waals surface area (Å²) < 4.78 is 32.0. The smallest absolute Gasteiger partial charge is 0.272 e. The number of pyridine rings is 1.